The first-order valence-corrected chi connectivity index (χ1v) is 22.8. The average molecular weight is 747 g/mol. The van der Waals surface area contributed by atoms with Gasteiger partial charge < -0.3 is 0 Å². The number of aryl methyl sites for hydroxylation is 2. The molecule has 4 aliphatic rings. The zero-order valence-corrected chi connectivity index (χ0v) is 34.0. The molecule has 4 aliphatic carbocycles. The molecular formula is C55H55P. The summed E-state index contributed by atoms with van der Waals surface area (Å²) in [5.74, 6) is 0.599. The van der Waals surface area contributed by atoms with Gasteiger partial charge in [-0.25, -0.2) is 0 Å². The lowest BCUT2D eigenvalue weighted by Gasteiger charge is -2.28. The van der Waals surface area contributed by atoms with Crippen LogP contribution in [-0.4, -0.2) is 0 Å². The second-order valence-electron chi connectivity index (χ2n) is 16.5. The predicted octanol–water partition coefficient (Wildman–Crippen LogP) is 13.4. The number of hydrogen-bond acceptors (Lipinski definition) is 0. The summed E-state index contributed by atoms with van der Waals surface area (Å²) in [7, 11) is -0.731. The molecule has 0 saturated heterocycles. The van der Waals surface area contributed by atoms with Gasteiger partial charge in [-0.15, -0.1) is 0 Å². The first kappa shape index (κ1) is 36.8. The Balaban J connectivity index is 0.995. The van der Waals surface area contributed by atoms with Crippen LogP contribution in [-0.2, 0) is 25.7 Å². The fourth-order valence-electron chi connectivity index (χ4n) is 9.63. The maximum atomic E-state index is 2.52. The Morgan fingerprint density at radius 2 is 0.893 bits per heavy atom. The zero-order valence-electron chi connectivity index (χ0n) is 33.2. The number of fused-ring (bicyclic) bond motifs is 3. The highest BCUT2D eigenvalue weighted by Crippen LogP contribution is 2.40. The molecule has 1 heteroatoms. The van der Waals surface area contributed by atoms with Crippen LogP contribution in [0.5, 0.6) is 0 Å². The van der Waals surface area contributed by atoms with Crippen molar-refractivity contribution >= 4 is 54.2 Å². The van der Waals surface area contributed by atoms with Crippen LogP contribution in [0, 0.1) is 5.92 Å². The minimum atomic E-state index is -0.731. The first-order chi connectivity index (χ1) is 27.7. The number of allylic oxidation sites excluding steroid dienone is 5. The molecule has 0 heterocycles. The highest BCUT2D eigenvalue weighted by molar-refractivity contribution is 7.79. The maximum absolute atomic E-state index is 2.52. The van der Waals surface area contributed by atoms with Gasteiger partial charge in [-0.05, 0) is 180 Å². The molecule has 0 bridgehead atoms. The van der Waals surface area contributed by atoms with E-state index in [0.717, 1.165) is 0 Å². The highest BCUT2D eigenvalue weighted by atomic mass is 31.1. The summed E-state index contributed by atoms with van der Waals surface area (Å²) < 4.78 is 0. The monoisotopic (exact) mass is 746 g/mol. The van der Waals surface area contributed by atoms with E-state index in [1.54, 1.807) is 27.8 Å². The van der Waals surface area contributed by atoms with Gasteiger partial charge in [0.15, 0.2) is 0 Å². The minimum Gasteiger partial charge on any atom is -0.0804 e. The molecular weight excluding hydrogens is 692 g/mol. The van der Waals surface area contributed by atoms with Crippen molar-refractivity contribution in [1.29, 1.82) is 0 Å². The van der Waals surface area contributed by atoms with Crippen LogP contribution in [0.3, 0.4) is 0 Å². The van der Waals surface area contributed by atoms with Crippen molar-refractivity contribution in [2.75, 3.05) is 0 Å². The van der Waals surface area contributed by atoms with Crippen LogP contribution in [0.15, 0.2) is 138 Å². The number of hydrogen-bond donors (Lipinski definition) is 0. The van der Waals surface area contributed by atoms with Gasteiger partial charge in [-0.1, -0.05) is 159 Å². The summed E-state index contributed by atoms with van der Waals surface area (Å²) in [5.41, 5.74) is 17.6. The molecule has 1 atom stereocenters. The fraction of sp³-hybridized carbons (Fsp3) is 0.273. The fourth-order valence-corrected chi connectivity index (χ4v) is 11.9. The molecule has 56 heavy (non-hydrogen) atoms. The highest BCUT2D eigenvalue weighted by Gasteiger charge is 2.22. The SMILES string of the molecule is CC1CC=C2CCCCC2=C1/C=C/c1ccc(P(c2ccc(/C=C/c3cccc4c3CCCC4)cc2)c2ccc(/C=C/c3cccc4c3CCCC4)cc2)cc1. The second kappa shape index (κ2) is 17.2. The summed E-state index contributed by atoms with van der Waals surface area (Å²) in [6.07, 6.45) is 33.0. The Kier molecular flexibility index (Phi) is 11.3. The lowest BCUT2D eigenvalue weighted by molar-refractivity contribution is 0.615. The van der Waals surface area contributed by atoms with Crippen LogP contribution in [0.1, 0.15) is 115 Å². The van der Waals surface area contributed by atoms with E-state index >= 15 is 0 Å². The molecule has 1 unspecified atom stereocenters. The summed E-state index contributed by atoms with van der Waals surface area (Å²) in [5, 5.41) is 4.16. The lowest BCUT2D eigenvalue weighted by atomic mass is 9.77. The molecule has 5 aromatic rings. The smallest absolute Gasteiger partial charge is 0.0134 e. The molecule has 0 spiro atoms. The van der Waals surface area contributed by atoms with Gasteiger partial charge in [-0.2, -0.15) is 0 Å². The quantitative estimate of drug-likeness (QED) is 0.104. The van der Waals surface area contributed by atoms with Gasteiger partial charge in [0.25, 0.3) is 0 Å². The second-order valence-corrected chi connectivity index (χ2v) is 18.7. The van der Waals surface area contributed by atoms with Crippen LogP contribution in [0.4, 0.5) is 0 Å². The molecule has 0 aliphatic heterocycles. The normalized spacial score (nSPS) is 18.4. The largest absolute Gasteiger partial charge is 0.0804 e. The molecule has 0 aromatic heterocycles. The van der Waals surface area contributed by atoms with Crippen molar-refractivity contribution in [2.24, 2.45) is 5.92 Å². The van der Waals surface area contributed by atoms with Gasteiger partial charge in [0.2, 0.25) is 0 Å². The molecule has 0 nitrogen and oxygen atoms in total. The van der Waals surface area contributed by atoms with Crippen molar-refractivity contribution in [3.8, 4) is 0 Å². The van der Waals surface area contributed by atoms with Gasteiger partial charge in [0, 0.05) is 0 Å². The van der Waals surface area contributed by atoms with Crippen LogP contribution in [0.2, 0.25) is 0 Å². The van der Waals surface area contributed by atoms with Gasteiger partial charge in [-0.3, -0.25) is 0 Å². The molecule has 1 saturated carbocycles. The van der Waals surface area contributed by atoms with Crippen molar-refractivity contribution < 1.29 is 0 Å². The van der Waals surface area contributed by atoms with Crippen molar-refractivity contribution in [3.63, 3.8) is 0 Å². The molecule has 0 N–H and O–H groups in total. The van der Waals surface area contributed by atoms with Crippen LogP contribution >= 0.6 is 7.92 Å². The molecule has 0 radical (unpaired) electrons. The number of benzene rings is 5. The Bertz CT molecular complexity index is 2210. The third kappa shape index (κ3) is 8.19. The van der Waals surface area contributed by atoms with Crippen LogP contribution in [0.25, 0.3) is 30.4 Å². The van der Waals surface area contributed by atoms with Gasteiger partial charge in [0.05, 0.1) is 0 Å². The Labute approximate surface area is 337 Å². The molecule has 9 rings (SSSR count). The molecule has 280 valence electrons. The molecule has 1 fully saturated rings. The maximum Gasteiger partial charge on any atom is -0.0134 e. The van der Waals surface area contributed by atoms with E-state index in [1.165, 1.54) is 138 Å². The first-order valence-electron chi connectivity index (χ1n) is 21.4. The lowest BCUT2D eigenvalue weighted by Crippen LogP contribution is -2.20. The molecule has 0 amide bonds. The summed E-state index contributed by atoms with van der Waals surface area (Å²) in [4.78, 5) is 0. The third-order valence-corrected chi connectivity index (χ3v) is 15.2. The topological polar surface area (TPSA) is 0 Å². The summed E-state index contributed by atoms with van der Waals surface area (Å²) >= 11 is 0. The van der Waals surface area contributed by atoms with Gasteiger partial charge in [0.1, 0.15) is 0 Å². The van der Waals surface area contributed by atoms with Crippen molar-refractivity contribution in [1.82, 2.24) is 0 Å². The standard InChI is InChI=1S/C55H55P/c1-40-20-30-48-12-4-7-19-55(48)52(40)39-29-43-27-37-51(38-28-43)56(49-33-23-41(24-34-49)21-31-46-15-8-13-44-10-2-5-17-53(44)46)50-35-25-42(26-36-50)22-32-47-16-9-14-45-11-3-6-18-54(45)47/h8-9,13-16,21-40H,2-7,10-12,17-20H2,1H3/b31-21+,32-22+,39-29+. The van der Waals surface area contributed by atoms with E-state index in [1.807, 2.05) is 0 Å². The van der Waals surface area contributed by atoms with Gasteiger partial charge >= 0.3 is 0 Å². The predicted molar refractivity (Wildman–Crippen MR) is 246 cm³/mol. The third-order valence-electron chi connectivity index (χ3n) is 12.8. The van der Waals surface area contributed by atoms with Crippen molar-refractivity contribution in [3.05, 3.63) is 188 Å². The minimum absolute atomic E-state index is 0.599. The summed E-state index contributed by atoms with van der Waals surface area (Å²) in [6, 6.07) is 41.9. The Morgan fingerprint density at radius 3 is 1.41 bits per heavy atom. The van der Waals surface area contributed by atoms with Crippen LogP contribution < -0.4 is 15.9 Å². The Morgan fingerprint density at radius 1 is 0.446 bits per heavy atom. The molecule has 5 aromatic carbocycles. The summed E-state index contributed by atoms with van der Waals surface area (Å²) in [6.45, 7) is 2.40. The van der Waals surface area contributed by atoms with E-state index in [0.29, 0.717) is 5.92 Å². The van der Waals surface area contributed by atoms with E-state index in [2.05, 4.69) is 159 Å². The van der Waals surface area contributed by atoms with E-state index in [4.69, 9.17) is 0 Å². The number of rotatable bonds is 9. The Hall–Kier alpha value is -4.77. The van der Waals surface area contributed by atoms with E-state index < -0.39 is 7.92 Å². The zero-order chi connectivity index (χ0) is 37.7. The van der Waals surface area contributed by atoms with E-state index in [9.17, 15) is 0 Å². The average Bonchev–Trinajstić information content (AvgIpc) is 3.26. The van der Waals surface area contributed by atoms with E-state index in [-0.39, 0.29) is 0 Å². The van der Waals surface area contributed by atoms with Crippen molar-refractivity contribution in [2.45, 2.75) is 90.4 Å².